The molecule has 2 aromatic heterocycles. The lowest BCUT2D eigenvalue weighted by atomic mass is 9.93. The van der Waals surface area contributed by atoms with Crippen molar-refractivity contribution in [3.8, 4) is 11.1 Å². The molecular weight excluding hydrogens is 288 g/mol. The molecular formula is C18H18N4O. The SMILES string of the molecule is CN1C[C@H]2CN(c3nnccc3-c3ccc4occc4c3)C[C@H]21. The molecule has 0 radical (unpaired) electrons. The zero-order valence-electron chi connectivity index (χ0n) is 13.0. The van der Waals surface area contributed by atoms with Crippen molar-refractivity contribution >= 4 is 16.8 Å². The van der Waals surface area contributed by atoms with Crippen LogP contribution in [0.3, 0.4) is 0 Å². The van der Waals surface area contributed by atoms with Gasteiger partial charge >= 0.3 is 0 Å². The zero-order valence-corrected chi connectivity index (χ0v) is 13.0. The molecule has 2 saturated heterocycles. The van der Waals surface area contributed by atoms with E-state index in [9.17, 15) is 0 Å². The number of furan rings is 1. The van der Waals surface area contributed by atoms with E-state index in [0.717, 1.165) is 46.9 Å². The zero-order chi connectivity index (χ0) is 15.4. The number of aromatic nitrogens is 2. The monoisotopic (exact) mass is 306 g/mol. The highest BCUT2D eigenvalue weighted by atomic mass is 16.3. The first-order valence-corrected chi connectivity index (χ1v) is 8.04. The highest BCUT2D eigenvalue weighted by Gasteiger charge is 2.44. The van der Waals surface area contributed by atoms with E-state index in [1.165, 1.54) is 6.54 Å². The molecule has 0 spiro atoms. The van der Waals surface area contributed by atoms with Crippen molar-refractivity contribution in [3.05, 3.63) is 42.8 Å². The summed E-state index contributed by atoms with van der Waals surface area (Å²) in [5.74, 6) is 1.77. The van der Waals surface area contributed by atoms with Crippen LogP contribution in [-0.2, 0) is 0 Å². The van der Waals surface area contributed by atoms with Gasteiger partial charge in [-0.05, 0) is 36.9 Å². The van der Waals surface area contributed by atoms with E-state index in [4.69, 9.17) is 4.42 Å². The molecule has 2 aliphatic heterocycles. The number of hydrogen-bond acceptors (Lipinski definition) is 5. The van der Waals surface area contributed by atoms with Gasteiger partial charge in [-0.2, -0.15) is 5.10 Å². The van der Waals surface area contributed by atoms with Gasteiger partial charge in [0.05, 0.1) is 12.5 Å². The molecule has 0 aliphatic carbocycles. The number of rotatable bonds is 2. The summed E-state index contributed by atoms with van der Waals surface area (Å²) in [6, 6.07) is 11.0. The average molecular weight is 306 g/mol. The summed E-state index contributed by atoms with van der Waals surface area (Å²) in [5, 5.41) is 9.71. The van der Waals surface area contributed by atoms with Crippen LogP contribution in [0, 0.1) is 5.92 Å². The molecule has 5 heteroatoms. The molecule has 0 N–H and O–H groups in total. The molecule has 0 unspecified atom stereocenters. The maximum Gasteiger partial charge on any atom is 0.159 e. The van der Waals surface area contributed by atoms with Gasteiger partial charge in [-0.15, -0.1) is 5.10 Å². The van der Waals surface area contributed by atoms with Gasteiger partial charge in [-0.25, -0.2) is 0 Å². The van der Waals surface area contributed by atoms with Crippen LogP contribution >= 0.6 is 0 Å². The van der Waals surface area contributed by atoms with E-state index < -0.39 is 0 Å². The quantitative estimate of drug-likeness (QED) is 0.728. The predicted molar refractivity (Wildman–Crippen MR) is 89.4 cm³/mol. The number of benzene rings is 1. The third-order valence-electron chi connectivity index (χ3n) is 5.26. The average Bonchev–Trinajstić information content (AvgIpc) is 3.18. The predicted octanol–water partition coefficient (Wildman–Crippen LogP) is 2.64. The standard InChI is InChI=1S/C18H18N4O/c1-21-9-14-10-22(11-16(14)21)18-15(4-6-19-20-18)12-2-3-17-13(8-12)5-7-23-17/h2-8,14,16H,9-11H2,1H3/t14-,16+/m0/s1. The molecule has 0 saturated carbocycles. The van der Waals surface area contributed by atoms with Crippen LogP contribution in [0.5, 0.6) is 0 Å². The minimum Gasteiger partial charge on any atom is -0.464 e. The lowest BCUT2D eigenvalue weighted by Gasteiger charge is -2.40. The summed E-state index contributed by atoms with van der Waals surface area (Å²) in [6.45, 7) is 3.31. The van der Waals surface area contributed by atoms with Crippen LogP contribution in [0.1, 0.15) is 0 Å². The van der Waals surface area contributed by atoms with Gasteiger partial charge in [0, 0.05) is 42.5 Å². The molecule has 5 rings (SSSR count). The smallest absolute Gasteiger partial charge is 0.159 e. The molecule has 0 bridgehead atoms. The summed E-state index contributed by atoms with van der Waals surface area (Å²) < 4.78 is 5.44. The summed E-state index contributed by atoms with van der Waals surface area (Å²) in [6.07, 6.45) is 3.50. The molecule has 4 heterocycles. The first-order chi connectivity index (χ1) is 11.3. The number of fused-ring (bicyclic) bond motifs is 2. The largest absolute Gasteiger partial charge is 0.464 e. The third kappa shape index (κ3) is 1.96. The molecule has 3 aromatic rings. The van der Waals surface area contributed by atoms with Crippen molar-refractivity contribution in [2.75, 3.05) is 31.6 Å². The number of nitrogens with zero attached hydrogens (tertiary/aromatic N) is 4. The third-order valence-corrected chi connectivity index (χ3v) is 5.26. The van der Waals surface area contributed by atoms with Gasteiger partial charge in [0.25, 0.3) is 0 Å². The Labute approximate surface area is 134 Å². The van der Waals surface area contributed by atoms with Crippen molar-refractivity contribution in [1.82, 2.24) is 15.1 Å². The fraction of sp³-hybridized carbons (Fsp3) is 0.333. The van der Waals surface area contributed by atoms with Crippen molar-refractivity contribution in [2.45, 2.75) is 6.04 Å². The van der Waals surface area contributed by atoms with Gasteiger partial charge in [0.15, 0.2) is 5.82 Å². The molecule has 1 aromatic carbocycles. The van der Waals surface area contributed by atoms with E-state index in [1.807, 2.05) is 12.1 Å². The van der Waals surface area contributed by atoms with Crippen molar-refractivity contribution in [2.24, 2.45) is 5.92 Å². The lowest BCUT2D eigenvalue weighted by Crippen LogP contribution is -2.52. The Kier molecular flexibility index (Phi) is 2.73. The first kappa shape index (κ1) is 13.1. The molecule has 2 atom stereocenters. The molecule has 5 nitrogen and oxygen atoms in total. The van der Waals surface area contributed by atoms with E-state index >= 15 is 0 Å². The number of hydrogen-bond donors (Lipinski definition) is 0. The normalized spacial score (nSPS) is 24.0. The summed E-state index contributed by atoms with van der Waals surface area (Å²) in [5.41, 5.74) is 3.22. The van der Waals surface area contributed by atoms with Crippen molar-refractivity contribution in [1.29, 1.82) is 0 Å². The lowest BCUT2D eigenvalue weighted by molar-refractivity contribution is 0.0827. The number of anilines is 1. The second-order valence-electron chi connectivity index (χ2n) is 6.61. The number of likely N-dealkylation sites (tertiary alicyclic amines) is 1. The Hall–Kier alpha value is -2.40. The molecule has 23 heavy (non-hydrogen) atoms. The van der Waals surface area contributed by atoms with Crippen LogP contribution in [0.4, 0.5) is 5.82 Å². The summed E-state index contributed by atoms with van der Waals surface area (Å²) in [4.78, 5) is 4.82. The fourth-order valence-corrected chi connectivity index (χ4v) is 3.99. The van der Waals surface area contributed by atoms with Gasteiger partial charge in [0.1, 0.15) is 5.58 Å². The Morgan fingerprint density at radius 3 is 2.96 bits per heavy atom. The maximum atomic E-state index is 5.44. The van der Waals surface area contributed by atoms with Crippen LogP contribution < -0.4 is 4.90 Å². The summed E-state index contributed by atoms with van der Waals surface area (Å²) in [7, 11) is 2.20. The minimum atomic E-state index is 0.668. The van der Waals surface area contributed by atoms with E-state index in [1.54, 1.807) is 12.5 Å². The Morgan fingerprint density at radius 1 is 1.13 bits per heavy atom. The van der Waals surface area contributed by atoms with Crippen molar-refractivity contribution in [3.63, 3.8) is 0 Å². The van der Waals surface area contributed by atoms with Crippen LogP contribution in [0.25, 0.3) is 22.1 Å². The molecule has 0 amide bonds. The topological polar surface area (TPSA) is 45.4 Å². The van der Waals surface area contributed by atoms with Gasteiger partial charge in [-0.1, -0.05) is 6.07 Å². The molecule has 116 valence electrons. The summed E-state index contributed by atoms with van der Waals surface area (Å²) >= 11 is 0. The second kappa shape index (κ2) is 4.80. The van der Waals surface area contributed by atoms with Crippen LogP contribution in [0.15, 0.2) is 47.2 Å². The molecule has 2 aliphatic rings. The minimum absolute atomic E-state index is 0.668. The number of likely N-dealkylation sites (N-methyl/N-ethyl adjacent to an activating group) is 1. The van der Waals surface area contributed by atoms with Gasteiger partial charge < -0.3 is 14.2 Å². The first-order valence-electron chi connectivity index (χ1n) is 8.04. The van der Waals surface area contributed by atoms with Crippen LogP contribution in [0.2, 0.25) is 0 Å². The van der Waals surface area contributed by atoms with Gasteiger partial charge in [-0.3, -0.25) is 0 Å². The van der Waals surface area contributed by atoms with Crippen LogP contribution in [-0.4, -0.2) is 47.8 Å². The van der Waals surface area contributed by atoms with E-state index in [0.29, 0.717) is 6.04 Å². The maximum absolute atomic E-state index is 5.44. The van der Waals surface area contributed by atoms with Crippen molar-refractivity contribution < 1.29 is 4.42 Å². The molecule has 2 fully saturated rings. The Morgan fingerprint density at radius 2 is 2.09 bits per heavy atom. The fourth-order valence-electron chi connectivity index (χ4n) is 3.99. The van der Waals surface area contributed by atoms with Gasteiger partial charge in [0.2, 0.25) is 0 Å². The Bertz CT molecular complexity index is 874. The second-order valence-corrected chi connectivity index (χ2v) is 6.61. The van der Waals surface area contributed by atoms with E-state index in [-0.39, 0.29) is 0 Å². The highest BCUT2D eigenvalue weighted by Crippen LogP contribution is 2.37. The Balaban J connectivity index is 1.56. The van der Waals surface area contributed by atoms with E-state index in [2.05, 4.69) is 45.2 Å². The highest BCUT2D eigenvalue weighted by molar-refractivity contribution is 5.86.